The summed E-state index contributed by atoms with van der Waals surface area (Å²) in [5.74, 6) is -0.975. The molecule has 9 heteroatoms. The third-order valence-electron chi connectivity index (χ3n) is 4.91. The SMILES string of the molecule is CC(C)[C@@H](NC(=O)c1ccco1)C(=O)N1CCC2(CC1)NC(=O)NC2=O. The number of likely N-dealkylation sites (tertiary alicyclic amines) is 1. The number of hydrogen-bond acceptors (Lipinski definition) is 5. The Kier molecular flexibility index (Phi) is 4.71. The average molecular weight is 362 g/mol. The van der Waals surface area contributed by atoms with Gasteiger partial charge in [-0.1, -0.05) is 13.8 Å². The predicted molar refractivity (Wildman–Crippen MR) is 90.0 cm³/mol. The van der Waals surface area contributed by atoms with Gasteiger partial charge in [-0.15, -0.1) is 0 Å². The van der Waals surface area contributed by atoms with Crippen molar-refractivity contribution in [2.24, 2.45) is 5.92 Å². The van der Waals surface area contributed by atoms with E-state index in [1.807, 2.05) is 13.8 Å². The van der Waals surface area contributed by atoms with Crippen molar-refractivity contribution in [2.45, 2.75) is 38.3 Å². The molecule has 0 unspecified atom stereocenters. The average Bonchev–Trinajstić information content (AvgIpc) is 3.21. The summed E-state index contributed by atoms with van der Waals surface area (Å²) in [6.07, 6.45) is 2.08. The fraction of sp³-hybridized carbons (Fsp3) is 0.529. The Labute approximate surface area is 150 Å². The Morgan fingerprint density at radius 1 is 1.27 bits per heavy atom. The monoisotopic (exact) mass is 362 g/mol. The second-order valence-electron chi connectivity index (χ2n) is 6.99. The van der Waals surface area contributed by atoms with Crippen LogP contribution in [0.1, 0.15) is 37.2 Å². The summed E-state index contributed by atoms with van der Waals surface area (Å²) >= 11 is 0. The number of imide groups is 1. The Balaban J connectivity index is 1.64. The lowest BCUT2D eigenvalue weighted by atomic mass is 9.87. The van der Waals surface area contributed by atoms with E-state index < -0.39 is 23.5 Å². The number of piperidine rings is 1. The van der Waals surface area contributed by atoms with Crippen LogP contribution in [0, 0.1) is 5.92 Å². The first-order chi connectivity index (χ1) is 12.3. The van der Waals surface area contributed by atoms with E-state index in [9.17, 15) is 19.2 Å². The van der Waals surface area contributed by atoms with E-state index in [0.29, 0.717) is 25.9 Å². The summed E-state index contributed by atoms with van der Waals surface area (Å²) in [5, 5.41) is 7.63. The van der Waals surface area contributed by atoms with Crippen molar-refractivity contribution in [3.05, 3.63) is 24.2 Å². The first-order valence-electron chi connectivity index (χ1n) is 8.59. The van der Waals surface area contributed by atoms with Gasteiger partial charge in [0, 0.05) is 13.1 Å². The number of hydrogen-bond donors (Lipinski definition) is 3. The highest BCUT2D eigenvalue weighted by molar-refractivity contribution is 6.07. The van der Waals surface area contributed by atoms with Crippen LogP contribution in [0.15, 0.2) is 22.8 Å². The number of furan rings is 1. The van der Waals surface area contributed by atoms with Crippen molar-refractivity contribution < 1.29 is 23.6 Å². The van der Waals surface area contributed by atoms with Crippen LogP contribution in [-0.4, -0.2) is 53.3 Å². The zero-order chi connectivity index (χ0) is 18.9. The van der Waals surface area contributed by atoms with Crippen LogP contribution >= 0.6 is 0 Å². The summed E-state index contributed by atoms with van der Waals surface area (Å²) in [4.78, 5) is 50.1. The maximum absolute atomic E-state index is 12.9. The molecule has 9 nitrogen and oxygen atoms in total. The van der Waals surface area contributed by atoms with Gasteiger partial charge in [-0.25, -0.2) is 4.79 Å². The number of nitrogens with one attached hydrogen (secondary N) is 3. The minimum absolute atomic E-state index is 0.119. The quantitative estimate of drug-likeness (QED) is 0.663. The Morgan fingerprint density at radius 3 is 2.46 bits per heavy atom. The molecule has 0 aliphatic carbocycles. The lowest BCUT2D eigenvalue weighted by molar-refractivity contribution is -0.138. The molecule has 2 saturated heterocycles. The molecule has 0 radical (unpaired) electrons. The molecule has 0 aromatic carbocycles. The number of nitrogens with zero attached hydrogens (tertiary/aromatic N) is 1. The van der Waals surface area contributed by atoms with Gasteiger partial charge in [-0.05, 0) is 30.9 Å². The van der Waals surface area contributed by atoms with E-state index in [0.717, 1.165) is 0 Å². The van der Waals surface area contributed by atoms with Crippen LogP contribution in [0.2, 0.25) is 0 Å². The molecule has 140 valence electrons. The van der Waals surface area contributed by atoms with Crippen LogP contribution < -0.4 is 16.0 Å². The Bertz CT molecular complexity index is 720. The topological polar surface area (TPSA) is 121 Å². The van der Waals surface area contributed by atoms with Crippen LogP contribution in [0.5, 0.6) is 0 Å². The van der Waals surface area contributed by atoms with Gasteiger partial charge in [-0.3, -0.25) is 19.7 Å². The maximum atomic E-state index is 12.9. The van der Waals surface area contributed by atoms with Crippen molar-refractivity contribution >= 4 is 23.8 Å². The predicted octanol–water partition coefficient (Wildman–Crippen LogP) is 0.235. The summed E-state index contributed by atoms with van der Waals surface area (Å²) < 4.78 is 5.06. The van der Waals surface area contributed by atoms with E-state index >= 15 is 0 Å². The summed E-state index contributed by atoms with van der Waals surface area (Å²) in [5.41, 5.74) is -0.932. The van der Waals surface area contributed by atoms with Crippen molar-refractivity contribution in [2.75, 3.05) is 13.1 Å². The van der Waals surface area contributed by atoms with Gasteiger partial charge in [-0.2, -0.15) is 0 Å². The van der Waals surface area contributed by atoms with Crippen LogP contribution in [0.3, 0.4) is 0 Å². The van der Waals surface area contributed by atoms with E-state index in [2.05, 4.69) is 16.0 Å². The third-order valence-corrected chi connectivity index (χ3v) is 4.91. The number of carbonyl (C=O) groups is 4. The fourth-order valence-corrected chi connectivity index (χ4v) is 3.32. The molecular formula is C17H22N4O5. The number of carbonyl (C=O) groups excluding carboxylic acids is 4. The summed E-state index contributed by atoms with van der Waals surface area (Å²) in [6, 6.07) is 1.93. The molecule has 1 aromatic rings. The highest BCUT2D eigenvalue weighted by atomic mass is 16.3. The number of amides is 5. The minimum Gasteiger partial charge on any atom is -0.459 e. The van der Waals surface area contributed by atoms with Gasteiger partial charge in [0.05, 0.1) is 6.26 Å². The van der Waals surface area contributed by atoms with Crippen molar-refractivity contribution in [3.8, 4) is 0 Å². The fourth-order valence-electron chi connectivity index (χ4n) is 3.32. The van der Waals surface area contributed by atoms with Gasteiger partial charge in [0.2, 0.25) is 5.91 Å². The number of rotatable bonds is 4. The summed E-state index contributed by atoms with van der Waals surface area (Å²) in [7, 11) is 0. The lowest BCUT2D eigenvalue weighted by Crippen LogP contribution is -2.59. The zero-order valence-corrected chi connectivity index (χ0v) is 14.7. The van der Waals surface area contributed by atoms with E-state index in [1.165, 1.54) is 12.3 Å². The molecule has 2 fully saturated rings. The van der Waals surface area contributed by atoms with Gasteiger partial charge in [0.1, 0.15) is 11.6 Å². The van der Waals surface area contributed by atoms with Gasteiger partial charge >= 0.3 is 6.03 Å². The zero-order valence-electron chi connectivity index (χ0n) is 14.7. The highest BCUT2D eigenvalue weighted by Crippen LogP contribution is 2.26. The van der Waals surface area contributed by atoms with Crippen molar-refractivity contribution in [1.29, 1.82) is 0 Å². The van der Waals surface area contributed by atoms with Crippen LogP contribution in [0.25, 0.3) is 0 Å². The second-order valence-corrected chi connectivity index (χ2v) is 6.99. The molecule has 1 aromatic heterocycles. The Hall–Kier alpha value is -2.84. The smallest absolute Gasteiger partial charge is 0.322 e. The molecular weight excluding hydrogens is 340 g/mol. The highest BCUT2D eigenvalue weighted by Gasteiger charge is 2.48. The molecule has 26 heavy (non-hydrogen) atoms. The van der Waals surface area contributed by atoms with Crippen molar-refractivity contribution in [1.82, 2.24) is 20.9 Å². The first-order valence-corrected chi connectivity index (χ1v) is 8.59. The van der Waals surface area contributed by atoms with E-state index in [4.69, 9.17) is 4.42 Å². The maximum Gasteiger partial charge on any atom is 0.322 e. The molecule has 5 amide bonds. The second kappa shape index (κ2) is 6.81. The summed E-state index contributed by atoms with van der Waals surface area (Å²) in [6.45, 7) is 4.35. The molecule has 3 N–H and O–H groups in total. The largest absolute Gasteiger partial charge is 0.459 e. The first kappa shape index (κ1) is 18.0. The standard InChI is InChI=1S/C17H22N4O5/c1-10(2)12(18-13(22)11-4-3-9-26-11)14(23)21-7-5-17(6-8-21)15(24)19-16(25)20-17/h3-4,9-10,12H,5-8H2,1-2H3,(H,18,22)(H2,19,20,24,25)/t12-/m1/s1. The molecule has 0 saturated carbocycles. The number of urea groups is 1. The normalized spacial score (nSPS) is 20.0. The molecule has 2 aliphatic rings. The molecule has 1 atom stereocenters. The third kappa shape index (κ3) is 3.29. The molecule has 3 rings (SSSR count). The molecule has 3 heterocycles. The lowest BCUT2D eigenvalue weighted by Gasteiger charge is -2.39. The van der Waals surface area contributed by atoms with E-state index in [1.54, 1.807) is 11.0 Å². The molecule has 2 aliphatic heterocycles. The molecule has 0 bridgehead atoms. The van der Waals surface area contributed by atoms with Gasteiger partial charge in [0.15, 0.2) is 5.76 Å². The van der Waals surface area contributed by atoms with Crippen LogP contribution in [0.4, 0.5) is 4.79 Å². The van der Waals surface area contributed by atoms with Gasteiger partial charge in [0.25, 0.3) is 11.8 Å². The minimum atomic E-state index is -0.932. The van der Waals surface area contributed by atoms with Crippen molar-refractivity contribution in [3.63, 3.8) is 0 Å². The molecule has 1 spiro atoms. The Morgan fingerprint density at radius 2 is 1.96 bits per heavy atom. The van der Waals surface area contributed by atoms with Crippen LogP contribution in [-0.2, 0) is 9.59 Å². The van der Waals surface area contributed by atoms with Gasteiger partial charge < -0.3 is 20.0 Å². The van der Waals surface area contributed by atoms with E-state index in [-0.39, 0.29) is 23.5 Å².